The number of rotatable bonds is 2. The van der Waals surface area contributed by atoms with Crippen molar-refractivity contribution in [2.45, 2.75) is 3.79 Å². The number of carboxylic acids is 1. The molecule has 0 aliphatic heterocycles. The molecule has 0 bridgehead atoms. The van der Waals surface area contributed by atoms with Crippen LogP contribution in [0.25, 0.3) is 0 Å². The van der Waals surface area contributed by atoms with Crippen LogP contribution in [0.4, 0.5) is 5.69 Å². The number of benzene rings is 1. The number of halogens is 3. The number of phenols is 1. The van der Waals surface area contributed by atoms with Crippen molar-refractivity contribution in [2.75, 3.05) is 5.32 Å². The van der Waals surface area contributed by atoms with Crippen molar-refractivity contribution in [3.8, 4) is 5.75 Å². The Morgan fingerprint density at radius 3 is 2.29 bits per heavy atom. The summed E-state index contributed by atoms with van der Waals surface area (Å²) in [6.45, 7) is 0. The Labute approximate surface area is 111 Å². The van der Waals surface area contributed by atoms with E-state index in [9.17, 15) is 14.7 Å². The Morgan fingerprint density at radius 2 is 1.82 bits per heavy atom. The fourth-order valence-corrected chi connectivity index (χ4v) is 1.13. The van der Waals surface area contributed by atoms with Crippen molar-refractivity contribution in [3.63, 3.8) is 0 Å². The molecule has 0 saturated heterocycles. The summed E-state index contributed by atoms with van der Waals surface area (Å²) < 4.78 is -2.15. The first-order valence-corrected chi connectivity index (χ1v) is 5.29. The maximum Gasteiger partial charge on any atom is 0.339 e. The zero-order valence-corrected chi connectivity index (χ0v) is 10.3. The lowest BCUT2D eigenvalue weighted by molar-refractivity contribution is -0.115. The number of anilines is 1. The maximum absolute atomic E-state index is 11.3. The largest absolute Gasteiger partial charge is 0.507 e. The number of aromatic carboxylic acids is 1. The minimum absolute atomic E-state index is 0.0940. The molecule has 17 heavy (non-hydrogen) atoms. The van der Waals surface area contributed by atoms with Gasteiger partial charge in [0, 0.05) is 5.69 Å². The van der Waals surface area contributed by atoms with Gasteiger partial charge in [0.25, 0.3) is 9.70 Å². The first kappa shape index (κ1) is 13.9. The number of hydrogen-bond donors (Lipinski definition) is 3. The van der Waals surface area contributed by atoms with Crippen molar-refractivity contribution < 1.29 is 19.8 Å². The van der Waals surface area contributed by atoms with Crippen LogP contribution < -0.4 is 5.32 Å². The van der Waals surface area contributed by atoms with Crippen molar-refractivity contribution in [1.29, 1.82) is 0 Å². The predicted octanol–water partition coefficient (Wildman–Crippen LogP) is 2.40. The molecule has 0 saturated carbocycles. The van der Waals surface area contributed by atoms with E-state index in [0.717, 1.165) is 12.1 Å². The number of hydrogen-bond acceptors (Lipinski definition) is 3. The lowest BCUT2D eigenvalue weighted by Crippen LogP contribution is -2.27. The molecule has 8 heteroatoms. The molecule has 1 rings (SSSR count). The number of aromatic hydroxyl groups is 1. The first-order chi connectivity index (χ1) is 7.71. The third-order valence-corrected chi connectivity index (χ3v) is 2.26. The third kappa shape index (κ3) is 3.66. The molecular weight excluding hydrogens is 292 g/mol. The highest BCUT2D eigenvalue weighted by molar-refractivity contribution is 6.76. The predicted molar refractivity (Wildman–Crippen MR) is 64.0 cm³/mol. The monoisotopic (exact) mass is 297 g/mol. The van der Waals surface area contributed by atoms with Gasteiger partial charge in [0.05, 0.1) is 0 Å². The summed E-state index contributed by atoms with van der Waals surface area (Å²) >= 11 is 16.0. The second-order valence-electron chi connectivity index (χ2n) is 2.99. The quantitative estimate of drug-likeness (QED) is 0.578. The molecule has 1 aromatic rings. The minimum atomic E-state index is -2.15. The summed E-state index contributed by atoms with van der Waals surface area (Å²) in [5, 5.41) is 20.2. The molecule has 0 spiro atoms. The molecule has 0 unspecified atom stereocenters. The van der Waals surface area contributed by atoms with Gasteiger partial charge < -0.3 is 15.5 Å². The third-order valence-electron chi connectivity index (χ3n) is 1.74. The molecule has 0 fully saturated rings. The highest BCUT2D eigenvalue weighted by Gasteiger charge is 2.30. The summed E-state index contributed by atoms with van der Waals surface area (Å²) in [6, 6.07) is 3.43. The molecule has 92 valence electrons. The molecule has 0 radical (unpaired) electrons. The van der Waals surface area contributed by atoms with Crippen molar-refractivity contribution in [3.05, 3.63) is 23.8 Å². The molecular formula is C9H6Cl3NO4. The number of carbonyl (C=O) groups is 2. The van der Waals surface area contributed by atoms with E-state index in [0.29, 0.717) is 0 Å². The van der Waals surface area contributed by atoms with Crippen LogP contribution in [0.5, 0.6) is 5.75 Å². The summed E-state index contributed by atoms with van der Waals surface area (Å²) in [6.07, 6.45) is 0. The Bertz CT molecular complexity index is 470. The normalized spacial score (nSPS) is 11.0. The molecule has 0 aliphatic rings. The summed E-state index contributed by atoms with van der Waals surface area (Å²) in [5.41, 5.74) is -0.274. The summed E-state index contributed by atoms with van der Waals surface area (Å²) in [4.78, 5) is 22.0. The topological polar surface area (TPSA) is 86.6 Å². The second kappa shape index (κ2) is 5.00. The van der Waals surface area contributed by atoms with Gasteiger partial charge in [-0.3, -0.25) is 4.79 Å². The van der Waals surface area contributed by atoms with E-state index in [1.807, 2.05) is 0 Å². The van der Waals surface area contributed by atoms with E-state index in [1.54, 1.807) is 0 Å². The van der Waals surface area contributed by atoms with Crippen LogP contribution in [0.15, 0.2) is 18.2 Å². The van der Waals surface area contributed by atoms with Crippen molar-refractivity contribution in [1.82, 2.24) is 0 Å². The van der Waals surface area contributed by atoms with Crippen LogP contribution in [-0.2, 0) is 4.79 Å². The molecule has 0 atom stereocenters. The van der Waals surface area contributed by atoms with E-state index in [2.05, 4.69) is 5.32 Å². The van der Waals surface area contributed by atoms with Crippen LogP contribution >= 0.6 is 34.8 Å². The van der Waals surface area contributed by atoms with Gasteiger partial charge in [-0.2, -0.15) is 0 Å². The van der Waals surface area contributed by atoms with Gasteiger partial charge >= 0.3 is 5.97 Å². The van der Waals surface area contributed by atoms with Gasteiger partial charge in [-0.25, -0.2) is 4.79 Å². The molecule has 0 heterocycles. The van der Waals surface area contributed by atoms with E-state index in [4.69, 9.17) is 39.9 Å². The van der Waals surface area contributed by atoms with Crippen LogP contribution in [0.1, 0.15) is 10.4 Å². The average Bonchev–Trinajstić information content (AvgIpc) is 2.19. The number of carbonyl (C=O) groups excluding carboxylic acids is 1. The summed E-state index contributed by atoms with van der Waals surface area (Å²) in [5.74, 6) is -2.69. The number of carboxylic acid groups (broad SMARTS) is 1. The number of alkyl halides is 3. The Morgan fingerprint density at radius 1 is 1.24 bits per heavy atom. The lowest BCUT2D eigenvalue weighted by Gasteiger charge is -2.12. The highest BCUT2D eigenvalue weighted by Crippen LogP contribution is 2.28. The lowest BCUT2D eigenvalue weighted by atomic mass is 10.2. The van der Waals surface area contributed by atoms with E-state index in [1.165, 1.54) is 6.07 Å². The molecule has 0 aliphatic carbocycles. The van der Waals surface area contributed by atoms with Crippen LogP contribution in [0.2, 0.25) is 0 Å². The maximum atomic E-state index is 11.3. The van der Waals surface area contributed by atoms with E-state index in [-0.39, 0.29) is 11.3 Å². The standard InChI is InChI=1S/C9H6Cl3NO4/c10-9(11,12)8(17)13-4-1-2-6(14)5(3-4)7(15)16/h1-3,14H,(H,13,17)(H,15,16). The van der Waals surface area contributed by atoms with Gasteiger partial charge in [-0.05, 0) is 18.2 Å². The number of nitrogens with one attached hydrogen (secondary N) is 1. The van der Waals surface area contributed by atoms with Gasteiger partial charge in [-0.1, -0.05) is 34.8 Å². The van der Waals surface area contributed by atoms with Gasteiger partial charge in [0.1, 0.15) is 11.3 Å². The zero-order valence-electron chi connectivity index (χ0n) is 8.08. The van der Waals surface area contributed by atoms with Gasteiger partial charge in [0.2, 0.25) is 0 Å². The van der Waals surface area contributed by atoms with E-state index < -0.39 is 21.4 Å². The average molecular weight is 299 g/mol. The number of amides is 1. The van der Waals surface area contributed by atoms with E-state index >= 15 is 0 Å². The molecule has 0 aromatic heterocycles. The zero-order chi connectivity index (χ0) is 13.2. The second-order valence-corrected chi connectivity index (χ2v) is 5.27. The fourth-order valence-electron chi connectivity index (χ4n) is 0.987. The van der Waals surface area contributed by atoms with Gasteiger partial charge in [-0.15, -0.1) is 0 Å². The molecule has 5 nitrogen and oxygen atoms in total. The Kier molecular flexibility index (Phi) is 4.08. The van der Waals surface area contributed by atoms with Crippen molar-refractivity contribution in [2.24, 2.45) is 0 Å². The van der Waals surface area contributed by atoms with Crippen LogP contribution in [-0.4, -0.2) is 25.9 Å². The SMILES string of the molecule is O=C(O)c1cc(NC(=O)C(Cl)(Cl)Cl)ccc1O. The Balaban J connectivity index is 2.98. The van der Waals surface area contributed by atoms with Crippen LogP contribution in [0, 0.1) is 0 Å². The fraction of sp³-hybridized carbons (Fsp3) is 0.111. The summed E-state index contributed by atoms with van der Waals surface area (Å²) in [7, 11) is 0. The molecule has 1 amide bonds. The highest BCUT2D eigenvalue weighted by atomic mass is 35.6. The van der Waals surface area contributed by atoms with Gasteiger partial charge in [0.15, 0.2) is 0 Å². The molecule has 1 aromatic carbocycles. The smallest absolute Gasteiger partial charge is 0.339 e. The van der Waals surface area contributed by atoms with Crippen molar-refractivity contribution >= 4 is 52.4 Å². The van der Waals surface area contributed by atoms with Crippen LogP contribution in [0.3, 0.4) is 0 Å². The first-order valence-electron chi connectivity index (χ1n) is 4.16. The molecule has 3 N–H and O–H groups in total. The Hall–Kier alpha value is -1.17. The minimum Gasteiger partial charge on any atom is -0.507 e.